The zero-order valence-corrected chi connectivity index (χ0v) is 15.0. The fraction of sp³-hybridized carbons (Fsp3) is 0.381. The average molecular weight is 355 g/mol. The predicted molar refractivity (Wildman–Crippen MR) is 99.6 cm³/mol. The van der Waals surface area contributed by atoms with Gasteiger partial charge in [0.15, 0.2) is 6.61 Å². The van der Waals surface area contributed by atoms with Crippen molar-refractivity contribution < 1.29 is 19.4 Å². The molecule has 1 aliphatic rings. The zero-order valence-electron chi connectivity index (χ0n) is 15.0. The lowest BCUT2D eigenvalue weighted by Crippen LogP contribution is -2.40. The highest BCUT2D eigenvalue weighted by Crippen LogP contribution is 2.24. The molecule has 0 bridgehead atoms. The summed E-state index contributed by atoms with van der Waals surface area (Å²) < 4.78 is 11.3. The van der Waals surface area contributed by atoms with Gasteiger partial charge in [-0.05, 0) is 69.0 Å². The average Bonchev–Trinajstić information content (AvgIpc) is 2.65. The molecular weight excluding hydrogens is 330 g/mol. The van der Waals surface area contributed by atoms with E-state index in [2.05, 4.69) is 5.32 Å². The van der Waals surface area contributed by atoms with Crippen LogP contribution in [0.15, 0.2) is 48.5 Å². The van der Waals surface area contributed by atoms with Gasteiger partial charge in [0.25, 0.3) is 5.91 Å². The van der Waals surface area contributed by atoms with Crippen molar-refractivity contribution in [1.29, 1.82) is 0 Å². The van der Waals surface area contributed by atoms with E-state index in [1.54, 1.807) is 12.1 Å². The van der Waals surface area contributed by atoms with Crippen molar-refractivity contribution in [2.75, 3.05) is 6.61 Å². The number of aliphatic hydroxyl groups is 1. The fourth-order valence-corrected chi connectivity index (χ4v) is 2.98. The molecule has 1 aliphatic carbocycles. The Morgan fingerprint density at radius 1 is 0.962 bits per heavy atom. The van der Waals surface area contributed by atoms with Crippen LogP contribution >= 0.6 is 0 Å². The molecule has 5 nitrogen and oxygen atoms in total. The summed E-state index contributed by atoms with van der Waals surface area (Å²) in [4.78, 5) is 12.0. The minimum Gasteiger partial charge on any atom is -0.484 e. The molecule has 5 heteroatoms. The smallest absolute Gasteiger partial charge is 0.258 e. The number of hydrogen-bond acceptors (Lipinski definition) is 4. The summed E-state index contributed by atoms with van der Waals surface area (Å²) >= 11 is 0. The van der Waals surface area contributed by atoms with Crippen molar-refractivity contribution in [3.63, 3.8) is 0 Å². The topological polar surface area (TPSA) is 67.8 Å². The molecule has 0 unspecified atom stereocenters. The molecule has 138 valence electrons. The summed E-state index contributed by atoms with van der Waals surface area (Å²) in [5.74, 6) is 1.98. The third kappa shape index (κ3) is 5.49. The van der Waals surface area contributed by atoms with Gasteiger partial charge in [0.2, 0.25) is 0 Å². The maximum Gasteiger partial charge on any atom is 0.258 e. The first-order valence-corrected chi connectivity index (χ1v) is 9.03. The van der Waals surface area contributed by atoms with Crippen LogP contribution in [0.25, 0.3) is 0 Å². The lowest BCUT2D eigenvalue weighted by atomic mass is 9.93. The summed E-state index contributed by atoms with van der Waals surface area (Å²) in [5.41, 5.74) is 1.18. The monoisotopic (exact) mass is 355 g/mol. The Labute approximate surface area is 153 Å². The van der Waals surface area contributed by atoms with E-state index in [0.29, 0.717) is 11.5 Å². The first kappa shape index (κ1) is 18.3. The van der Waals surface area contributed by atoms with Crippen molar-refractivity contribution in [2.45, 2.75) is 44.8 Å². The van der Waals surface area contributed by atoms with Crippen molar-refractivity contribution in [2.24, 2.45) is 0 Å². The lowest BCUT2D eigenvalue weighted by Gasteiger charge is -2.26. The number of amides is 1. The normalized spacial score (nSPS) is 19.6. The van der Waals surface area contributed by atoms with Gasteiger partial charge in [-0.1, -0.05) is 17.7 Å². The summed E-state index contributed by atoms with van der Waals surface area (Å²) in [5, 5.41) is 12.5. The third-order valence-corrected chi connectivity index (χ3v) is 4.51. The van der Waals surface area contributed by atoms with Gasteiger partial charge >= 0.3 is 0 Å². The molecule has 2 aromatic carbocycles. The van der Waals surface area contributed by atoms with E-state index in [0.717, 1.165) is 31.4 Å². The Bertz CT molecular complexity index is 704. The number of carbonyl (C=O) groups is 1. The van der Waals surface area contributed by atoms with Crippen LogP contribution in [0.4, 0.5) is 0 Å². The van der Waals surface area contributed by atoms with Gasteiger partial charge < -0.3 is 19.9 Å². The number of benzene rings is 2. The van der Waals surface area contributed by atoms with E-state index in [4.69, 9.17) is 9.47 Å². The number of aliphatic hydroxyl groups excluding tert-OH is 1. The third-order valence-electron chi connectivity index (χ3n) is 4.51. The van der Waals surface area contributed by atoms with E-state index in [1.807, 2.05) is 43.3 Å². The minimum atomic E-state index is -0.222. The van der Waals surface area contributed by atoms with Crippen LogP contribution in [0.5, 0.6) is 17.2 Å². The van der Waals surface area contributed by atoms with Crippen molar-refractivity contribution >= 4 is 5.91 Å². The summed E-state index contributed by atoms with van der Waals surface area (Å²) in [6, 6.07) is 15.2. The van der Waals surface area contributed by atoms with Crippen LogP contribution in [0.3, 0.4) is 0 Å². The molecule has 2 N–H and O–H groups in total. The van der Waals surface area contributed by atoms with Crippen LogP contribution in [-0.4, -0.2) is 29.8 Å². The molecule has 2 aromatic rings. The number of hydrogen-bond donors (Lipinski definition) is 2. The maximum absolute atomic E-state index is 12.0. The van der Waals surface area contributed by atoms with Gasteiger partial charge in [-0.25, -0.2) is 0 Å². The van der Waals surface area contributed by atoms with Crippen molar-refractivity contribution in [3.8, 4) is 17.2 Å². The second kappa shape index (κ2) is 8.72. The summed E-state index contributed by atoms with van der Waals surface area (Å²) in [6.45, 7) is 2.01. The Morgan fingerprint density at radius 2 is 1.50 bits per heavy atom. The first-order valence-electron chi connectivity index (χ1n) is 9.03. The van der Waals surface area contributed by atoms with E-state index in [1.165, 1.54) is 5.56 Å². The quantitative estimate of drug-likeness (QED) is 0.831. The van der Waals surface area contributed by atoms with E-state index in [-0.39, 0.29) is 24.7 Å². The van der Waals surface area contributed by atoms with Gasteiger partial charge in [-0.2, -0.15) is 0 Å². The summed E-state index contributed by atoms with van der Waals surface area (Å²) in [7, 11) is 0. The first-order chi connectivity index (χ1) is 12.6. The molecule has 0 saturated heterocycles. The molecule has 26 heavy (non-hydrogen) atoms. The number of ether oxygens (including phenoxy) is 2. The SMILES string of the molecule is Cc1ccc(Oc2ccc(OCC(=O)NC3CCC(O)CC3)cc2)cc1. The van der Waals surface area contributed by atoms with Crippen LogP contribution in [0, 0.1) is 6.92 Å². The highest BCUT2D eigenvalue weighted by Gasteiger charge is 2.20. The second-order valence-corrected chi connectivity index (χ2v) is 6.75. The van der Waals surface area contributed by atoms with Gasteiger partial charge in [-0.15, -0.1) is 0 Å². The van der Waals surface area contributed by atoms with Gasteiger partial charge in [-0.3, -0.25) is 4.79 Å². The number of aryl methyl sites for hydroxylation is 1. The van der Waals surface area contributed by atoms with Gasteiger partial charge in [0.1, 0.15) is 17.2 Å². The Morgan fingerprint density at radius 3 is 2.12 bits per heavy atom. The zero-order chi connectivity index (χ0) is 18.4. The molecule has 1 saturated carbocycles. The van der Waals surface area contributed by atoms with Crippen molar-refractivity contribution in [3.05, 3.63) is 54.1 Å². The second-order valence-electron chi connectivity index (χ2n) is 6.75. The van der Waals surface area contributed by atoms with Crippen LogP contribution in [0.2, 0.25) is 0 Å². The predicted octanol–water partition coefficient (Wildman–Crippen LogP) is 3.59. The molecule has 0 spiro atoms. The molecule has 0 atom stereocenters. The largest absolute Gasteiger partial charge is 0.484 e. The molecule has 1 amide bonds. The number of carbonyl (C=O) groups excluding carboxylic acids is 1. The molecule has 0 heterocycles. The standard InChI is InChI=1S/C21H25NO4/c1-15-2-8-19(9-3-15)26-20-12-10-18(11-13-20)25-14-21(24)22-16-4-6-17(23)7-5-16/h2-3,8-13,16-17,23H,4-7,14H2,1H3,(H,22,24). The van der Waals surface area contributed by atoms with Crippen LogP contribution < -0.4 is 14.8 Å². The lowest BCUT2D eigenvalue weighted by molar-refractivity contribution is -0.124. The molecule has 3 rings (SSSR count). The molecular formula is C21H25NO4. The van der Waals surface area contributed by atoms with E-state index < -0.39 is 0 Å². The maximum atomic E-state index is 12.0. The Hall–Kier alpha value is -2.53. The van der Waals surface area contributed by atoms with E-state index in [9.17, 15) is 9.90 Å². The Balaban J connectivity index is 1.43. The molecule has 0 aliphatic heterocycles. The minimum absolute atomic E-state index is 0.0166. The fourth-order valence-electron chi connectivity index (χ4n) is 2.98. The molecule has 0 aromatic heterocycles. The Kier molecular flexibility index (Phi) is 6.12. The van der Waals surface area contributed by atoms with Crippen LogP contribution in [-0.2, 0) is 4.79 Å². The molecule has 1 fully saturated rings. The van der Waals surface area contributed by atoms with Gasteiger partial charge in [0, 0.05) is 6.04 Å². The van der Waals surface area contributed by atoms with E-state index >= 15 is 0 Å². The highest BCUT2D eigenvalue weighted by molar-refractivity contribution is 5.77. The van der Waals surface area contributed by atoms with Crippen molar-refractivity contribution in [1.82, 2.24) is 5.32 Å². The number of nitrogens with one attached hydrogen (secondary N) is 1. The summed E-state index contributed by atoms with van der Waals surface area (Å²) in [6.07, 6.45) is 2.90. The highest BCUT2D eigenvalue weighted by atomic mass is 16.5. The molecule has 0 radical (unpaired) electrons. The number of rotatable bonds is 6. The van der Waals surface area contributed by atoms with Crippen LogP contribution in [0.1, 0.15) is 31.2 Å². The van der Waals surface area contributed by atoms with Gasteiger partial charge in [0.05, 0.1) is 6.10 Å².